The van der Waals surface area contributed by atoms with Gasteiger partial charge in [0.1, 0.15) is 5.75 Å². The van der Waals surface area contributed by atoms with Gasteiger partial charge in [-0.3, -0.25) is 9.59 Å². The molecule has 1 aliphatic carbocycles. The fourth-order valence-corrected chi connectivity index (χ4v) is 3.59. The molecule has 5 nitrogen and oxygen atoms in total. The number of hydrogen-bond acceptors (Lipinski definition) is 3. The largest absolute Gasteiger partial charge is 0.494 e. The summed E-state index contributed by atoms with van der Waals surface area (Å²) in [6, 6.07) is 7.78. The molecule has 1 aliphatic heterocycles. The van der Waals surface area contributed by atoms with Crippen LogP contribution in [-0.2, 0) is 9.59 Å². The lowest BCUT2D eigenvalue weighted by molar-refractivity contribution is -0.127. The van der Waals surface area contributed by atoms with Crippen molar-refractivity contribution in [2.45, 2.75) is 51.5 Å². The summed E-state index contributed by atoms with van der Waals surface area (Å²) in [5.41, 5.74) is 0.830. The van der Waals surface area contributed by atoms with Crippen molar-refractivity contribution in [2.75, 3.05) is 18.1 Å². The minimum absolute atomic E-state index is 0.0166. The molecule has 1 aromatic carbocycles. The molecule has 0 spiro atoms. The topological polar surface area (TPSA) is 58.6 Å². The fraction of sp³-hybridized carbons (Fsp3) is 0.579. The Morgan fingerprint density at radius 2 is 1.92 bits per heavy atom. The van der Waals surface area contributed by atoms with Crippen LogP contribution < -0.4 is 15.0 Å². The number of nitrogens with zero attached hydrogens (tertiary/aromatic N) is 1. The van der Waals surface area contributed by atoms with Crippen molar-refractivity contribution in [2.24, 2.45) is 5.92 Å². The quantitative estimate of drug-likeness (QED) is 0.903. The van der Waals surface area contributed by atoms with Crippen LogP contribution in [0.5, 0.6) is 5.75 Å². The molecule has 5 heteroatoms. The van der Waals surface area contributed by atoms with Crippen molar-refractivity contribution in [3.63, 3.8) is 0 Å². The number of rotatable bonds is 5. The second-order valence-electron chi connectivity index (χ2n) is 6.68. The maximum atomic E-state index is 12.5. The summed E-state index contributed by atoms with van der Waals surface area (Å²) in [5, 5.41) is 3.14. The summed E-state index contributed by atoms with van der Waals surface area (Å²) in [6.07, 6.45) is 6.06. The molecular weight excluding hydrogens is 304 g/mol. The summed E-state index contributed by atoms with van der Waals surface area (Å²) in [6.45, 7) is 3.02. The van der Waals surface area contributed by atoms with Crippen LogP contribution >= 0.6 is 0 Å². The van der Waals surface area contributed by atoms with Gasteiger partial charge in [0.25, 0.3) is 0 Å². The molecule has 0 bridgehead atoms. The van der Waals surface area contributed by atoms with Gasteiger partial charge in [-0.1, -0.05) is 19.3 Å². The third-order valence-corrected chi connectivity index (χ3v) is 4.91. The molecule has 1 saturated carbocycles. The number of benzene rings is 1. The molecule has 0 radical (unpaired) electrons. The van der Waals surface area contributed by atoms with E-state index in [9.17, 15) is 9.59 Å². The van der Waals surface area contributed by atoms with Crippen LogP contribution in [0.4, 0.5) is 5.69 Å². The number of carbonyl (C=O) groups excluding carboxylic acids is 2. The van der Waals surface area contributed by atoms with Crippen LogP contribution in [-0.4, -0.2) is 31.0 Å². The van der Waals surface area contributed by atoms with Crippen molar-refractivity contribution in [1.29, 1.82) is 0 Å². The van der Waals surface area contributed by atoms with Crippen molar-refractivity contribution in [1.82, 2.24) is 5.32 Å². The van der Waals surface area contributed by atoms with Gasteiger partial charge in [-0.15, -0.1) is 0 Å². The van der Waals surface area contributed by atoms with Gasteiger partial charge >= 0.3 is 0 Å². The molecule has 1 aromatic rings. The number of nitrogens with one attached hydrogen (secondary N) is 1. The smallest absolute Gasteiger partial charge is 0.227 e. The van der Waals surface area contributed by atoms with Gasteiger partial charge in [-0.25, -0.2) is 0 Å². The zero-order valence-electron chi connectivity index (χ0n) is 14.3. The van der Waals surface area contributed by atoms with Gasteiger partial charge in [-0.05, 0) is 44.0 Å². The number of anilines is 1. The molecule has 1 unspecified atom stereocenters. The Kier molecular flexibility index (Phi) is 5.38. The Bertz CT molecular complexity index is 579. The highest BCUT2D eigenvalue weighted by atomic mass is 16.5. The van der Waals surface area contributed by atoms with E-state index in [0.29, 0.717) is 25.6 Å². The van der Waals surface area contributed by atoms with Gasteiger partial charge in [0.2, 0.25) is 11.8 Å². The average Bonchev–Trinajstić information content (AvgIpc) is 2.99. The lowest BCUT2D eigenvalue weighted by atomic mass is 9.95. The van der Waals surface area contributed by atoms with E-state index in [1.165, 1.54) is 19.3 Å². The van der Waals surface area contributed by atoms with Crippen LogP contribution in [0.15, 0.2) is 24.3 Å². The molecule has 24 heavy (non-hydrogen) atoms. The van der Waals surface area contributed by atoms with Crippen LogP contribution in [0.2, 0.25) is 0 Å². The van der Waals surface area contributed by atoms with Crippen molar-refractivity contribution >= 4 is 17.5 Å². The first-order chi connectivity index (χ1) is 11.7. The molecule has 1 N–H and O–H groups in total. The first-order valence-electron chi connectivity index (χ1n) is 9.01. The third kappa shape index (κ3) is 3.89. The predicted octanol–water partition coefficient (Wildman–Crippen LogP) is 2.89. The van der Waals surface area contributed by atoms with E-state index >= 15 is 0 Å². The summed E-state index contributed by atoms with van der Waals surface area (Å²) in [5.74, 6) is 0.595. The second-order valence-corrected chi connectivity index (χ2v) is 6.68. The standard InChI is InChI=1S/C19H26N2O3/c1-2-24-17-10-8-16(9-11-17)21-13-14(12-18(21)22)19(23)20-15-6-4-3-5-7-15/h8-11,14-15H,2-7,12-13H2,1H3,(H,20,23). The number of carbonyl (C=O) groups is 2. The van der Waals surface area contributed by atoms with Gasteiger partial charge in [0.15, 0.2) is 0 Å². The van der Waals surface area contributed by atoms with Crippen LogP contribution in [0.1, 0.15) is 45.4 Å². The van der Waals surface area contributed by atoms with Crippen LogP contribution in [0, 0.1) is 5.92 Å². The summed E-state index contributed by atoms with van der Waals surface area (Å²) < 4.78 is 5.43. The molecule has 0 aromatic heterocycles. The highest BCUT2D eigenvalue weighted by Gasteiger charge is 2.35. The summed E-state index contributed by atoms with van der Waals surface area (Å²) in [7, 11) is 0. The Morgan fingerprint density at radius 3 is 2.58 bits per heavy atom. The zero-order valence-corrected chi connectivity index (χ0v) is 14.3. The molecule has 130 valence electrons. The van der Waals surface area contributed by atoms with E-state index in [1.54, 1.807) is 4.90 Å². The maximum absolute atomic E-state index is 12.5. The normalized spacial score (nSPS) is 21.8. The number of ether oxygens (including phenoxy) is 1. The maximum Gasteiger partial charge on any atom is 0.227 e. The Morgan fingerprint density at radius 1 is 1.21 bits per heavy atom. The van der Waals surface area contributed by atoms with Gasteiger partial charge < -0.3 is 15.0 Å². The highest BCUT2D eigenvalue weighted by molar-refractivity contribution is 6.00. The Hall–Kier alpha value is -2.04. The average molecular weight is 330 g/mol. The first kappa shape index (κ1) is 16.8. The summed E-state index contributed by atoms with van der Waals surface area (Å²) in [4.78, 5) is 26.5. The van der Waals surface area contributed by atoms with Crippen LogP contribution in [0.3, 0.4) is 0 Å². The van der Waals surface area contributed by atoms with Crippen LogP contribution in [0.25, 0.3) is 0 Å². The van der Waals surface area contributed by atoms with E-state index in [-0.39, 0.29) is 17.7 Å². The number of amides is 2. The van der Waals surface area contributed by atoms with E-state index in [1.807, 2.05) is 31.2 Å². The van der Waals surface area contributed by atoms with Crippen molar-refractivity contribution in [3.05, 3.63) is 24.3 Å². The molecule has 2 aliphatic rings. The van der Waals surface area contributed by atoms with Gasteiger partial charge in [0.05, 0.1) is 12.5 Å². The van der Waals surface area contributed by atoms with Gasteiger partial charge in [0, 0.05) is 24.7 Å². The predicted molar refractivity (Wildman–Crippen MR) is 93.1 cm³/mol. The first-order valence-corrected chi connectivity index (χ1v) is 9.01. The van der Waals surface area contributed by atoms with E-state index in [0.717, 1.165) is 24.3 Å². The molecule has 2 amide bonds. The van der Waals surface area contributed by atoms with E-state index in [2.05, 4.69) is 5.32 Å². The number of hydrogen-bond donors (Lipinski definition) is 1. The Labute approximate surface area is 143 Å². The molecule has 2 fully saturated rings. The molecular formula is C19H26N2O3. The SMILES string of the molecule is CCOc1ccc(N2CC(C(=O)NC3CCCCC3)CC2=O)cc1. The lowest BCUT2D eigenvalue weighted by Crippen LogP contribution is -2.40. The van der Waals surface area contributed by atoms with Gasteiger partial charge in [-0.2, -0.15) is 0 Å². The van der Waals surface area contributed by atoms with E-state index < -0.39 is 0 Å². The minimum atomic E-state index is -0.244. The minimum Gasteiger partial charge on any atom is -0.494 e. The van der Waals surface area contributed by atoms with E-state index in [4.69, 9.17) is 4.74 Å². The molecule has 1 saturated heterocycles. The Balaban J connectivity index is 1.59. The molecule has 1 atom stereocenters. The van der Waals surface area contributed by atoms with Crippen molar-refractivity contribution < 1.29 is 14.3 Å². The summed E-state index contributed by atoms with van der Waals surface area (Å²) >= 11 is 0. The molecule has 1 heterocycles. The third-order valence-electron chi connectivity index (χ3n) is 4.91. The highest BCUT2D eigenvalue weighted by Crippen LogP contribution is 2.27. The molecule has 3 rings (SSSR count). The monoisotopic (exact) mass is 330 g/mol. The second kappa shape index (κ2) is 7.69. The zero-order chi connectivity index (χ0) is 16.9. The lowest BCUT2D eigenvalue weighted by Gasteiger charge is -2.24. The van der Waals surface area contributed by atoms with Crippen molar-refractivity contribution in [3.8, 4) is 5.75 Å². The fourth-order valence-electron chi connectivity index (χ4n) is 3.59.